The highest BCUT2D eigenvalue weighted by atomic mass is 16.5. The Morgan fingerprint density at radius 2 is 1.52 bits per heavy atom. The number of hydrogen-bond donors (Lipinski definition) is 0. The van der Waals surface area contributed by atoms with Crippen LogP contribution in [0, 0.1) is 0 Å². The van der Waals surface area contributed by atoms with Gasteiger partial charge in [0.05, 0.1) is 0 Å². The molecule has 0 unspecified atom stereocenters. The van der Waals surface area contributed by atoms with Gasteiger partial charge in [-0.15, -0.1) is 0 Å². The molecule has 0 aliphatic heterocycles. The fourth-order valence-electron chi connectivity index (χ4n) is 2.75. The fourth-order valence-corrected chi connectivity index (χ4v) is 2.75. The molecule has 0 aliphatic carbocycles. The zero-order valence-corrected chi connectivity index (χ0v) is 13.5. The lowest BCUT2D eigenvalue weighted by Crippen LogP contribution is -2.18. The SMILES string of the molecule is O=c1c(-c2ccccc2)c(OCc2ccccc2)nc2ccccn12. The molecule has 4 rings (SSSR count). The first-order valence-corrected chi connectivity index (χ1v) is 8.06. The minimum Gasteiger partial charge on any atom is -0.472 e. The van der Waals surface area contributed by atoms with E-state index in [-0.39, 0.29) is 5.56 Å². The number of aromatic nitrogens is 2. The highest BCUT2D eigenvalue weighted by Crippen LogP contribution is 2.25. The van der Waals surface area contributed by atoms with Crippen molar-refractivity contribution in [3.05, 3.63) is 101 Å². The molecule has 0 amide bonds. The van der Waals surface area contributed by atoms with Gasteiger partial charge in [-0.25, -0.2) is 0 Å². The van der Waals surface area contributed by atoms with E-state index in [0.29, 0.717) is 23.7 Å². The normalized spacial score (nSPS) is 10.7. The van der Waals surface area contributed by atoms with Crippen molar-refractivity contribution in [2.24, 2.45) is 0 Å². The maximum absolute atomic E-state index is 13.0. The summed E-state index contributed by atoms with van der Waals surface area (Å²) in [7, 11) is 0. The summed E-state index contributed by atoms with van der Waals surface area (Å²) in [6.07, 6.45) is 1.72. The van der Waals surface area contributed by atoms with E-state index in [1.165, 1.54) is 4.40 Å². The summed E-state index contributed by atoms with van der Waals surface area (Å²) in [5.41, 5.74) is 2.72. The molecule has 0 N–H and O–H groups in total. The van der Waals surface area contributed by atoms with Crippen molar-refractivity contribution in [1.29, 1.82) is 0 Å². The highest BCUT2D eigenvalue weighted by molar-refractivity contribution is 5.69. The Balaban J connectivity index is 1.85. The van der Waals surface area contributed by atoms with Crippen LogP contribution in [0.4, 0.5) is 0 Å². The Hall–Kier alpha value is -3.40. The van der Waals surface area contributed by atoms with E-state index in [1.807, 2.05) is 72.8 Å². The number of nitrogens with zero attached hydrogens (tertiary/aromatic N) is 2. The Morgan fingerprint density at radius 1 is 0.840 bits per heavy atom. The van der Waals surface area contributed by atoms with Gasteiger partial charge in [0.15, 0.2) is 0 Å². The second kappa shape index (κ2) is 6.61. The second-order valence-corrected chi connectivity index (χ2v) is 5.67. The Labute approximate surface area is 145 Å². The summed E-state index contributed by atoms with van der Waals surface area (Å²) in [5.74, 6) is 0.353. The number of pyridine rings is 1. The Bertz CT molecular complexity index is 1060. The molecular formula is C21H16N2O2. The van der Waals surface area contributed by atoms with E-state index < -0.39 is 0 Å². The zero-order valence-electron chi connectivity index (χ0n) is 13.5. The van der Waals surface area contributed by atoms with Crippen LogP contribution in [-0.2, 0) is 6.61 Å². The van der Waals surface area contributed by atoms with Gasteiger partial charge in [0, 0.05) is 6.20 Å². The molecule has 0 fully saturated rings. The number of fused-ring (bicyclic) bond motifs is 1. The lowest BCUT2D eigenvalue weighted by Gasteiger charge is -2.12. The Kier molecular flexibility index (Phi) is 4.01. The smallest absolute Gasteiger partial charge is 0.269 e. The van der Waals surface area contributed by atoms with Crippen LogP contribution in [0.25, 0.3) is 16.8 Å². The van der Waals surface area contributed by atoms with Crippen molar-refractivity contribution in [2.75, 3.05) is 0 Å². The summed E-state index contributed by atoms with van der Waals surface area (Å²) in [6, 6.07) is 24.8. The summed E-state index contributed by atoms with van der Waals surface area (Å²) in [5, 5.41) is 0. The molecule has 0 saturated heterocycles. The molecule has 2 aromatic heterocycles. The average Bonchev–Trinajstić information content (AvgIpc) is 2.68. The highest BCUT2D eigenvalue weighted by Gasteiger charge is 2.16. The molecule has 0 bridgehead atoms. The number of rotatable bonds is 4. The molecule has 4 nitrogen and oxygen atoms in total. The van der Waals surface area contributed by atoms with E-state index in [9.17, 15) is 4.79 Å². The van der Waals surface area contributed by atoms with Crippen molar-refractivity contribution in [2.45, 2.75) is 6.61 Å². The van der Waals surface area contributed by atoms with Crippen LogP contribution in [0.3, 0.4) is 0 Å². The third-order valence-electron chi connectivity index (χ3n) is 3.98. The largest absolute Gasteiger partial charge is 0.472 e. The standard InChI is InChI=1S/C21H16N2O2/c24-21-19(17-11-5-2-6-12-17)20(22-18-13-7-8-14-23(18)21)25-15-16-9-3-1-4-10-16/h1-14H,15H2. The monoisotopic (exact) mass is 328 g/mol. The molecule has 0 spiro atoms. The van der Waals surface area contributed by atoms with Crippen molar-refractivity contribution < 1.29 is 4.74 Å². The lowest BCUT2D eigenvalue weighted by molar-refractivity contribution is 0.295. The maximum Gasteiger partial charge on any atom is 0.269 e. The van der Waals surface area contributed by atoms with Crippen molar-refractivity contribution >= 4 is 5.65 Å². The van der Waals surface area contributed by atoms with Crippen LogP contribution in [0.5, 0.6) is 5.88 Å². The fraction of sp³-hybridized carbons (Fsp3) is 0.0476. The van der Waals surface area contributed by atoms with Crippen molar-refractivity contribution in [1.82, 2.24) is 9.38 Å². The summed E-state index contributed by atoms with van der Waals surface area (Å²) in [6.45, 7) is 0.357. The zero-order chi connectivity index (χ0) is 17.1. The van der Waals surface area contributed by atoms with Gasteiger partial charge in [0.1, 0.15) is 17.8 Å². The number of ether oxygens (including phenoxy) is 1. The molecule has 0 radical (unpaired) electrons. The summed E-state index contributed by atoms with van der Waals surface area (Å²) < 4.78 is 7.48. The van der Waals surface area contributed by atoms with E-state index in [0.717, 1.165) is 11.1 Å². The van der Waals surface area contributed by atoms with Gasteiger partial charge in [-0.05, 0) is 23.3 Å². The molecule has 0 atom stereocenters. The molecule has 2 aromatic carbocycles. The van der Waals surface area contributed by atoms with Gasteiger partial charge < -0.3 is 4.74 Å². The number of hydrogen-bond acceptors (Lipinski definition) is 3. The minimum atomic E-state index is -0.139. The van der Waals surface area contributed by atoms with Crippen LogP contribution in [-0.4, -0.2) is 9.38 Å². The first-order chi connectivity index (χ1) is 12.3. The average molecular weight is 328 g/mol. The summed E-state index contributed by atoms with van der Waals surface area (Å²) in [4.78, 5) is 17.6. The van der Waals surface area contributed by atoms with Gasteiger partial charge in [-0.3, -0.25) is 9.20 Å². The van der Waals surface area contributed by atoms with Crippen molar-refractivity contribution in [3.8, 4) is 17.0 Å². The first-order valence-electron chi connectivity index (χ1n) is 8.06. The topological polar surface area (TPSA) is 43.6 Å². The van der Waals surface area contributed by atoms with Crippen LogP contribution >= 0.6 is 0 Å². The van der Waals surface area contributed by atoms with Crippen LogP contribution in [0.1, 0.15) is 5.56 Å². The maximum atomic E-state index is 13.0. The van der Waals surface area contributed by atoms with Gasteiger partial charge in [0.25, 0.3) is 5.56 Å². The molecule has 4 heteroatoms. The van der Waals surface area contributed by atoms with E-state index in [4.69, 9.17) is 4.74 Å². The van der Waals surface area contributed by atoms with E-state index in [2.05, 4.69) is 4.98 Å². The van der Waals surface area contributed by atoms with Gasteiger partial charge in [-0.1, -0.05) is 66.7 Å². The lowest BCUT2D eigenvalue weighted by atomic mass is 10.1. The first kappa shape index (κ1) is 15.1. The van der Waals surface area contributed by atoms with E-state index in [1.54, 1.807) is 12.3 Å². The van der Waals surface area contributed by atoms with Crippen LogP contribution in [0.15, 0.2) is 89.9 Å². The predicted molar refractivity (Wildman–Crippen MR) is 97.7 cm³/mol. The van der Waals surface area contributed by atoms with Gasteiger partial charge in [0.2, 0.25) is 5.88 Å². The van der Waals surface area contributed by atoms with E-state index >= 15 is 0 Å². The molecular weight excluding hydrogens is 312 g/mol. The van der Waals surface area contributed by atoms with Gasteiger partial charge in [-0.2, -0.15) is 4.98 Å². The molecule has 25 heavy (non-hydrogen) atoms. The molecule has 0 aliphatic rings. The quantitative estimate of drug-likeness (QED) is 0.570. The number of benzene rings is 2. The second-order valence-electron chi connectivity index (χ2n) is 5.67. The summed E-state index contributed by atoms with van der Waals surface area (Å²) >= 11 is 0. The van der Waals surface area contributed by atoms with Gasteiger partial charge >= 0.3 is 0 Å². The van der Waals surface area contributed by atoms with Crippen molar-refractivity contribution in [3.63, 3.8) is 0 Å². The van der Waals surface area contributed by atoms with Crippen LogP contribution in [0.2, 0.25) is 0 Å². The minimum absolute atomic E-state index is 0.139. The molecule has 4 aromatic rings. The third-order valence-corrected chi connectivity index (χ3v) is 3.98. The molecule has 2 heterocycles. The Morgan fingerprint density at radius 3 is 2.28 bits per heavy atom. The third kappa shape index (κ3) is 3.02. The predicted octanol–water partition coefficient (Wildman–Crippen LogP) is 3.94. The molecule has 0 saturated carbocycles. The van der Waals surface area contributed by atoms with Crippen LogP contribution < -0.4 is 10.3 Å². The molecule has 122 valence electrons.